The quantitative estimate of drug-likeness (QED) is 0.484. The molecule has 164 valence electrons. The number of rotatable bonds is 5. The van der Waals surface area contributed by atoms with Crippen LogP contribution in [-0.4, -0.2) is 64.8 Å². The summed E-state index contributed by atoms with van der Waals surface area (Å²) in [4.78, 5) is 19.2. The van der Waals surface area contributed by atoms with Gasteiger partial charge < -0.3 is 19.1 Å². The number of imidazole rings is 1. The first-order valence-corrected chi connectivity index (χ1v) is 10.9. The van der Waals surface area contributed by atoms with Crippen molar-refractivity contribution in [1.29, 1.82) is 0 Å². The van der Waals surface area contributed by atoms with Gasteiger partial charge in [-0.25, -0.2) is 15.0 Å². The Balaban J connectivity index is 1.59. The fourth-order valence-corrected chi connectivity index (χ4v) is 4.22. The summed E-state index contributed by atoms with van der Waals surface area (Å²) in [6.45, 7) is 4.58. The van der Waals surface area contributed by atoms with Crippen molar-refractivity contribution in [1.82, 2.24) is 24.4 Å². The number of fused-ring (bicyclic) bond motifs is 1. The van der Waals surface area contributed by atoms with Crippen LogP contribution in [0.25, 0.3) is 33.5 Å². The summed E-state index contributed by atoms with van der Waals surface area (Å²) < 4.78 is 7.37. The first-order valence-electron chi connectivity index (χ1n) is 10.9. The highest BCUT2D eigenvalue weighted by Gasteiger charge is 2.18. The van der Waals surface area contributed by atoms with Crippen molar-refractivity contribution in [2.24, 2.45) is 7.05 Å². The molecule has 1 aliphatic heterocycles. The van der Waals surface area contributed by atoms with Gasteiger partial charge in [-0.1, -0.05) is 30.3 Å². The van der Waals surface area contributed by atoms with Gasteiger partial charge in [-0.05, 0) is 25.2 Å². The van der Waals surface area contributed by atoms with E-state index in [1.807, 2.05) is 31.4 Å². The number of aryl methyl sites for hydroxylation is 1. The Bertz CT molecular complexity index is 1210. The minimum Gasteiger partial charge on any atom is -0.377 e. The lowest BCUT2D eigenvalue weighted by Gasteiger charge is -2.33. The molecule has 4 heterocycles. The normalized spacial score (nSPS) is 14.9. The Morgan fingerprint density at radius 1 is 0.906 bits per heavy atom. The number of pyridine rings is 2. The Morgan fingerprint density at radius 2 is 1.69 bits per heavy atom. The van der Waals surface area contributed by atoms with E-state index in [2.05, 4.69) is 51.7 Å². The van der Waals surface area contributed by atoms with Crippen molar-refractivity contribution in [3.05, 3.63) is 60.6 Å². The molecule has 1 fully saturated rings. The van der Waals surface area contributed by atoms with Crippen molar-refractivity contribution >= 4 is 17.0 Å². The van der Waals surface area contributed by atoms with Crippen molar-refractivity contribution in [3.8, 4) is 22.4 Å². The van der Waals surface area contributed by atoms with Crippen molar-refractivity contribution < 1.29 is 4.74 Å². The van der Waals surface area contributed by atoms with Crippen LogP contribution in [0.1, 0.15) is 5.82 Å². The number of benzene rings is 1. The molecule has 1 aromatic carbocycles. The predicted octanol–water partition coefficient (Wildman–Crippen LogP) is 3.60. The molecular weight excluding hydrogens is 400 g/mol. The second kappa shape index (κ2) is 8.68. The molecule has 1 saturated heterocycles. The maximum atomic E-state index is 5.32. The summed E-state index contributed by atoms with van der Waals surface area (Å²) in [5.74, 6) is 1.88. The first-order chi connectivity index (χ1) is 15.6. The van der Waals surface area contributed by atoms with E-state index >= 15 is 0 Å². The van der Waals surface area contributed by atoms with E-state index in [1.165, 1.54) is 0 Å². The zero-order chi connectivity index (χ0) is 22.1. The summed E-state index contributed by atoms with van der Waals surface area (Å²) in [6.07, 6.45) is 1.97. The van der Waals surface area contributed by atoms with Crippen molar-refractivity contribution in [2.75, 3.05) is 45.2 Å². The average Bonchev–Trinajstić information content (AvgIpc) is 3.14. The number of aromatic nitrogens is 4. The fraction of sp³-hybridized carbons (Fsp3) is 0.320. The molecule has 0 saturated carbocycles. The van der Waals surface area contributed by atoms with Crippen molar-refractivity contribution in [3.63, 3.8) is 0 Å². The zero-order valence-electron chi connectivity index (χ0n) is 18.8. The van der Waals surface area contributed by atoms with Crippen LogP contribution >= 0.6 is 0 Å². The molecule has 7 heteroatoms. The number of hydrogen-bond donors (Lipinski definition) is 0. The summed E-state index contributed by atoms with van der Waals surface area (Å²) in [6, 6.07) is 16.7. The molecule has 4 aromatic rings. The number of methoxy groups -OCH3 is 1. The fourth-order valence-electron chi connectivity index (χ4n) is 4.22. The van der Waals surface area contributed by atoms with Gasteiger partial charge in [0, 0.05) is 63.2 Å². The molecule has 0 atom stereocenters. The maximum absolute atomic E-state index is 5.32. The third-order valence-electron chi connectivity index (χ3n) is 6.17. The number of ether oxygens (including phenoxy) is 1. The van der Waals surface area contributed by atoms with E-state index in [4.69, 9.17) is 19.7 Å². The molecule has 7 nitrogen and oxygen atoms in total. The largest absolute Gasteiger partial charge is 0.377 e. The van der Waals surface area contributed by atoms with E-state index in [9.17, 15) is 0 Å². The highest BCUT2D eigenvalue weighted by molar-refractivity contribution is 5.89. The molecule has 0 spiro atoms. The number of likely N-dealkylation sites (N-methyl/N-ethyl adjacent to an activating group) is 1. The van der Waals surface area contributed by atoms with Crippen LogP contribution in [0.4, 0.5) is 5.82 Å². The molecule has 0 N–H and O–H groups in total. The molecule has 32 heavy (non-hydrogen) atoms. The number of nitrogens with zero attached hydrogens (tertiary/aromatic N) is 6. The van der Waals surface area contributed by atoms with E-state index in [0.29, 0.717) is 6.61 Å². The predicted molar refractivity (Wildman–Crippen MR) is 128 cm³/mol. The molecule has 0 aliphatic carbocycles. The van der Waals surface area contributed by atoms with E-state index in [1.54, 1.807) is 7.11 Å². The number of piperazine rings is 1. The molecule has 5 rings (SSSR count). The van der Waals surface area contributed by atoms with Crippen LogP contribution in [0.15, 0.2) is 54.7 Å². The molecule has 1 aliphatic rings. The van der Waals surface area contributed by atoms with Gasteiger partial charge >= 0.3 is 0 Å². The lowest BCUT2D eigenvalue weighted by molar-refractivity contribution is 0.176. The van der Waals surface area contributed by atoms with Crippen LogP contribution in [0, 0.1) is 0 Å². The second-order valence-electron chi connectivity index (χ2n) is 8.31. The third-order valence-corrected chi connectivity index (χ3v) is 6.17. The lowest BCUT2D eigenvalue weighted by atomic mass is 10.00. The van der Waals surface area contributed by atoms with E-state index < -0.39 is 0 Å². The topological polar surface area (TPSA) is 59.3 Å². The molecule has 0 unspecified atom stereocenters. The van der Waals surface area contributed by atoms with Crippen molar-refractivity contribution in [2.45, 2.75) is 6.61 Å². The number of hydrogen-bond acceptors (Lipinski definition) is 6. The standard InChI is InChI=1S/C25H28N6O/c1-29-11-13-31(14-12-29)22-10-9-19(16-26-22)20-15-21-25(27-23(17-32-3)30(21)2)28-24(20)18-7-5-4-6-8-18/h4-10,15-16H,11-14,17H2,1-3H3. The molecule has 0 amide bonds. The van der Waals surface area contributed by atoms with Crippen LogP contribution in [0.3, 0.4) is 0 Å². The summed E-state index contributed by atoms with van der Waals surface area (Å²) >= 11 is 0. The molecule has 3 aromatic heterocycles. The van der Waals surface area contributed by atoms with Crippen LogP contribution < -0.4 is 4.90 Å². The summed E-state index contributed by atoms with van der Waals surface area (Å²) in [7, 11) is 5.85. The SMILES string of the molecule is COCc1nc2nc(-c3ccccc3)c(-c3ccc(N4CCN(C)CC4)nc3)cc2n1C. The second-order valence-corrected chi connectivity index (χ2v) is 8.31. The Hall–Kier alpha value is -3.29. The average molecular weight is 429 g/mol. The molecule has 0 bridgehead atoms. The molecular formula is C25H28N6O. The Kier molecular flexibility index (Phi) is 5.59. The Labute approximate surface area is 188 Å². The maximum Gasteiger partial charge on any atom is 0.178 e. The van der Waals surface area contributed by atoms with E-state index in [-0.39, 0.29) is 0 Å². The van der Waals surface area contributed by atoms with Gasteiger partial charge in [-0.3, -0.25) is 0 Å². The highest BCUT2D eigenvalue weighted by Crippen LogP contribution is 2.34. The van der Waals surface area contributed by atoms with Gasteiger partial charge in [-0.2, -0.15) is 0 Å². The van der Waals surface area contributed by atoms with Gasteiger partial charge in [0.15, 0.2) is 5.65 Å². The summed E-state index contributed by atoms with van der Waals surface area (Å²) in [5, 5.41) is 0. The number of anilines is 1. The smallest absolute Gasteiger partial charge is 0.178 e. The Morgan fingerprint density at radius 3 is 2.38 bits per heavy atom. The minimum absolute atomic E-state index is 0.449. The van der Waals surface area contributed by atoms with Crippen LogP contribution in [0.2, 0.25) is 0 Å². The van der Waals surface area contributed by atoms with Gasteiger partial charge in [0.25, 0.3) is 0 Å². The zero-order valence-corrected chi connectivity index (χ0v) is 18.8. The van der Waals surface area contributed by atoms with Gasteiger partial charge in [-0.15, -0.1) is 0 Å². The summed E-state index contributed by atoms with van der Waals surface area (Å²) in [5.41, 5.74) is 5.78. The molecule has 0 radical (unpaired) electrons. The highest BCUT2D eigenvalue weighted by atomic mass is 16.5. The monoisotopic (exact) mass is 428 g/mol. The minimum atomic E-state index is 0.449. The van der Waals surface area contributed by atoms with Crippen LogP contribution in [-0.2, 0) is 18.4 Å². The van der Waals surface area contributed by atoms with Crippen LogP contribution in [0.5, 0.6) is 0 Å². The first kappa shape index (κ1) is 20.6. The van der Waals surface area contributed by atoms with Gasteiger partial charge in [0.05, 0.1) is 11.2 Å². The van der Waals surface area contributed by atoms with Gasteiger partial charge in [0.1, 0.15) is 18.2 Å². The third kappa shape index (κ3) is 3.85. The lowest BCUT2D eigenvalue weighted by Crippen LogP contribution is -2.44. The van der Waals surface area contributed by atoms with E-state index in [0.717, 1.165) is 71.4 Å². The van der Waals surface area contributed by atoms with Gasteiger partial charge in [0.2, 0.25) is 0 Å².